The maximum absolute atomic E-state index is 13.6. The lowest BCUT2D eigenvalue weighted by molar-refractivity contribution is 0.0961. The van der Waals surface area contributed by atoms with Crippen molar-refractivity contribution in [2.24, 2.45) is 0 Å². The molecule has 1 aliphatic rings. The molecule has 6 heteroatoms. The summed E-state index contributed by atoms with van der Waals surface area (Å²) in [5.74, 6) is 0.303. The normalized spacial score (nSPS) is 12.9. The molecule has 1 aliphatic heterocycles. The summed E-state index contributed by atoms with van der Waals surface area (Å²) >= 11 is 0. The van der Waals surface area contributed by atoms with Crippen LogP contribution in [0.1, 0.15) is 50.0 Å². The number of carbonyl (C=O) groups excluding carboxylic acids is 2. The van der Waals surface area contributed by atoms with Crippen molar-refractivity contribution in [2.75, 3.05) is 25.1 Å². The number of nitrogens with one attached hydrogen (secondary N) is 1. The van der Waals surface area contributed by atoms with Gasteiger partial charge in [-0.1, -0.05) is 24.3 Å². The van der Waals surface area contributed by atoms with E-state index in [4.69, 9.17) is 4.74 Å². The molecule has 0 aliphatic carbocycles. The molecule has 6 nitrogen and oxygen atoms in total. The van der Waals surface area contributed by atoms with E-state index in [1.807, 2.05) is 38.1 Å². The van der Waals surface area contributed by atoms with E-state index in [1.54, 1.807) is 42.3 Å². The van der Waals surface area contributed by atoms with Crippen LogP contribution in [0.25, 0.3) is 0 Å². The average Bonchev–Trinajstić information content (AvgIpc) is 3.01. The second-order valence-corrected chi connectivity index (χ2v) is 8.05. The number of ether oxygens (including phenoxy) is 1. The molecule has 3 aromatic carbocycles. The third-order valence-corrected chi connectivity index (χ3v) is 6.14. The largest absolute Gasteiger partial charge is 0.491 e. The van der Waals surface area contributed by atoms with E-state index in [-0.39, 0.29) is 13.2 Å². The van der Waals surface area contributed by atoms with Crippen LogP contribution in [-0.2, 0) is 6.42 Å². The zero-order valence-electron chi connectivity index (χ0n) is 18.9. The zero-order valence-corrected chi connectivity index (χ0v) is 18.9. The lowest BCUT2D eigenvalue weighted by Crippen LogP contribution is -2.33. The van der Waals surface area contributed by atoms with E-state index in [9.17, 15) is 14.9 Å². The third-order valence-electron chi connectivity index (χ3n) is 6.14. The van der Waals surface area contributed by atoms with Crippen molar-refractivity contribution in [3.8, 4) is 11.8 Å². The molecule has 0 spiro atoms. The Bertz CT molecular complexity index is 1280. The summed E-state index contributed by atoms with van der Waals surface area (Å²) in [6.07, 6.45) is 0.621. The number of fused-ring (bicyclic) bond motifs is 1. The summed E-state index contributed by atoms with van der Waals surface area (Å²) in [5, 5.41) is 12.1. The fourth-order valence-electron chi connectivity index (χ4n) is 4.15. The summed E-state index contributed by atoms with van der Waals surface area (Å²) in [4.78, 5) is 27.1. The minimum Gasteiger partial charge on any atom is -0.491 e. The minimum absolute atomic E-state index is 0. The van der Waals surface area contributed by atoms with Gasteiger partial charge in [0.2, 0.25) is 0 Å². The summed E-state index contributed by atoms with van der Waals surface area (Å²) in [6, 6.07) is 18.7. The van der Waals surface area contributed by atoms with Gasteiger partial charge in [-0.05, 0) is 72.9 Å². The van der Waals surface area contributed by atoms with Gasteiger partial charge in [0.1, 0.15) is 18.4 Å². The topological polar surface area (TPSA) is 82.4 Å². The Labute approximate surface area is 194 Å². The van der Waals surface area contributed by atoms with Crippen molar-refractivity contribution in [1.82, 2.24) is 5.32 Å². The number of carbonyl (C=O) groups is 2. The molecule has 0 saturated carbocycles. The Morgan fingerprint density at radius 2 is 1.88 bits per heavy atom. The van der Waals surface area contributed by atoms with Gasteiger partial charge in [0.05, 0.1) is 23.4 Å². The zero-order chi connectivity index (χ0) is 23.5. The van der Waals surface area contributed by atoms with Crippen molar-refractivity contribution in [2.45, 2.75) is 20.3 Å². The molecule has 0 saturated heterocycles. The first-order valence-corrected chi connectivity index (χ1v) is 10.8. The molecular formula is C27H27N3O3. The van der Waals surface area contributed by atoms with Crippen molar-refractivity contribution in [1.29, 1.82) is 5.26 Å². The number of nitrogens with zero attached hydrogens (tertiary/aromatic N) is 2. The monoisotopic (exact) mass is 441 g/mol. The predicted molar refractivity (Wildman–Crippen MR) is 129 cm³/mol. The summed E-state index contributed by atoms with van der Waals surface area (Å²) in [7, 11) is 1.61. The van der Waals surface area contributed by atoms with Crippen molar-refractivity contribution in [3.63, 3.8) is 0 Å². The van der Waals surface area contributed by atoms with Crippen LogP contribution in [0.15, 0.2) is 54.6 Å². The van der Waals surface area contributed by atoms with Gasteiger partial charge in [0, 0.05) is 14.0 Å². The molecule has 3 aromatic rings. The van der Waals surface area contributed by atoms with Crippen LogP contribution < -0.4 is 15.0 Å². The van der Waals surface area contributed by atoms with E-state index in [2.05, 4.69) is 11.4 Å². The van der Waals surface area contributed by atoms with Crippen molar-refractivity contribution < 1.29 is 15.8 Å². The molecule has 1 N–H and O–H groups in total. The molecule has 4 rings (SSSR count). The van der Waals surface area contributed by atoms with Crippen LogP contribution in [0, 0.1) is 25.2 Å². The highest BCUT2D eigenvalue weighted by molar-refractivity contribution is 6.09. The number of amides is 2. The maximum Gasteiger partial charge on any atom is 0.262 e. The van der Waals surface area contributed by atoms with Crippen LogP contribution in [0.2, 0.25) is 0 Å². The number of rotatable bonds is 4. The maximum atomic E-state index is 13.6. The van der Waals surface area contributed by atoms with Gasteiger partial charge < -0.3 is 15.0 Å². The molecule has 168 valence electrons. The number of para-hydroxylation sites is 1. The molecule has 0 radical (unpaired) electrons. The van der Waals surface area contributed by atoms with Gasteiger partial charge in [-0.3, -0.25) is 9.59 Å². The first kappa shape index (κ1) is 22.1. The molecule has 0 bridgehead atoms. The van der Waals surface area contributed by atoms with Crippen LogP contribution in [0.5, 0.6) is 5.75 Å². The molecule has 0 unspecified atom stereocenters. The molecule has 0 aromatic heterocycles. The van der Waals surface area contributed by atoms with Crippen LogP contribution in [-0.4, -0.2) is 32.0 Å². The van der Waals surface area contributed by atoms with E-state index in [1.165, 1.54) is 0 Å². The van der Waals surface area contributed by atoms with Gasteiger partial charge in [0.15, 0.2) is 0 Å². The van der Waals surface area contributed by atoms with E-state index in [0.717, 1.165) is 22.3 Å². The molecule has 1 heterocycles. The first-order chi connectivity index (χ1) is 15.9. The third kappa shape index (κ3) is 4.18. The van der Waals surface area contributed by atoms with Crippen molar-refractivity contribution in [3.05, 3.63) is 93.5 Å². The highest BCUT2D eigenvalue weighted by atomic mass is 16.5. The molecule has 0 atom stereocenters. The Morgan fingerprint density at radius 1 is 1.15 bits per heavy atom. The quantitative estimate of drug-likeness (QED) is 0.650. The van der Waals surface area contributed by atoms with Gasteiger partial charge >= 0.3 is 0 Å². The second-order valence-electron chi connectivity index (χ2n) is 8.05. The van der Waals surface area contributed by atoms with Gasteiger partial charge in [0.25, 0.3) is 11.8 Å². The fourth-order valence-corrected chi connectivity index (χ4v) is 4.15. The highest BCUT2D eigenvalue weighted by Crippen LogP contribution is 2.34. The Kier molecular flexibility index (Phi) is 6.14. The standard InChI is InChI=1S/C27H25N3O3.H2/c1-17-18(2)25-23(15-22(17)14-19-8-10-20(11-9-19)26(31)29-3)27(32)30(12-13-33-25)24-7-5-4-6-21(24)16-28;/h4-11,15H,12-14H2,1-3H3,(H,29,31);1H. The van der Waals surface area contributed by atoms with E-state index in [0.29, 0.717) is 47.7 Å². The average molecular weight is 442 g/mol. The number of hydrogen-bond donors (Lipinski definition) is 1. The Balaban J connectivity index is 0.00000324. The van der Waals surface area contributed by atoms with Gasteiger partial charge in [-0.15, -0.1) is 0 Å². The smallest absolute Gasteiger partial charge is 0.262 e. The number of benzene rings is 3. The van der Waals surface area contributed by atoms with Gasteiger partial charge in [-0.2, -0.15) is 5.26 Å². The molecule has 0 fully saturated rings. The minimum atomic E-state index is -0.176. The Morgan fingerprint density at radius 3 is 2.58 bits per heavy atom. The highest BCUT2D eigenvalue weighted by Gasteiger charge is 2.29. The van der Waals surface area contributed by atoms with E-state index >= 15 is 0 Å². The van der Waals surface area contributed by atoms with Crippen LogP contribution >= 0.6 is 0 Å². The number of nitriles is 1. The predicted octanol–water partition coefficient (Wildman–Crippen LogP) is 4.41. The number of hydrogen-bond acceptors (Lipinski definition) is 4. The van der Waals surface area contributed by atoms with Crippen LogP contribution in [0.4, 0.5) is 5.69 Å². The van der Waals surface area contributed by atoms with Gasteiger partial charge in [-0.25, -0.2) is 0 Å². The molecular weight excluding hydrogens is 414 g/mol. The molecule has 2 amide bonds. The lowest BCUT2D eigenvalue weighted by Gasteiger charge is -2.22. The Hall–Kier alpha value is -4.11. The SMILES string of the molecule is CNC(=O)c1ccc(Cc2cc3c(c(C)c2C)OCCN(c2ccccc2C#N)C3=O)cc1.[HH]. The summed E-state index contributed by atoms with van der Waals surface area (Å²) in [6.45, 7) is 4.71. The number of anilines is 1. The van der Waals surface area contributed by atoms with E-state index < -0.39 is 0 Å². The molecule has 33 heavy (non-hydrogen) atoms. The summed E-state index contributed by atoms with van der Waals surface area (Å²) < 4.78 is 6.03. The lowest BCUT2D eigenvalue weighted by atomic mass is 9.93. The first-order valence-electron chi connectivity index (χ1n) is 10.8. The van der Waals surface area contributed by atoms with Crippen molar-refractivity contribution >= 4 is 17.5 Å². The fraction of sp³-hybridized carbons (Fsp3) is 0.222. The second kappa shape index (κ2) is 9.17. The van der Waals surface area contributed by atoms with Crippen LogP contribution in [0.3, 0.4) is 0 Å². The summed E-state index contributed by atoms with van der Waals surface area (Å²) in [5.41, 5.74) is 6.22.